The Hall–Kier alpha value is -2.85. The number of hydrogen-bond acceptors (Lipinski definition) is 5. The number of benzene rings is 2. The summed E-state index contributed by atoms with van der Waals surface area (Å²) in [4.78, 5) is 25.0. The molecule has 156 valence electrons. The number of amides is 1. The minimum atomic E-state index is -4.54. The lowest BCUT2D eigenvalue weighted by Gasteiger charge is -2.16. The number of ether oxygens (including phenoxy) is 1. The zero-order chi connectivity index (χ0) is 22.1. The Bertz CT molecular complexity index is 1050. The molecular formula is C20H14F3NO4S2. The van der Waals surface area contributed by atoms with Crippen LogP contribution >= 0.6 is 24.0 Å². The summed E-state index contributed by atoms with van der Waals surface area (Å²) in [5.41, 5.74) is -0.298. The summed E-state index contributed by atoms with van der Waals surface area (Å²) in [6.45, 7) is 1.38. The summed E-state index contributed by atoms with van der Waals surface area (Å²) >= 11 is 6.16. The van der Waals surface area contributed by atoms with Crippen LogP contribution in [0.4, 0.5) is 18.9 Å². The van der Waals surface area contributed by atoms with Crippen LogP contribution in [0.25, 0.3) is 6.08 Å². The summed E-state index contributed by atoms with van der Waals surface area (Å²) in [7, 11) is 0. The maximum atomic E-state index is 13.0. The number of alkyl halides is 3. The van der Waals surface area contributed by atoms with Crippen molar-refractivity contribution >= 4 is 51.9 Å². The fraction of sp³-hybridized carbons (Fsp3) is 0.150. The minimum Gasteiger partial charge on any atom is -0.479 e. The molecule has 1 aliphatic rings. The third kappa shape index (κ3) is 4.82. The molecule has 1 fully saturated rings. The maximum Gasteiger partial charge on any atom is 0.416 e. The Kier molecular flexibility index (Phi) is 6.18. The van der Waals surface area contributed by atoms with E-state index in [0.717, 1.165) is 28.8 Å². The second-order valence-corrected chi connectivity index (χ2v) is 7.91. The van der Waals surface area contributed by atoms with E-state index < -0.39 is 29.7 Å². The molecule has 1 amide bonds. The predicted molar refractivity (Wildman–Crippen MR) is 111 cm³/mol. The fourth-order valence-electron chi connectivity index (χ4n) is 2.60. The predicted octanol–water partition coefficient (Wildman–Crippen LogP) is 4.96. The first-order chi connectivity index (χ1) is 14.1. The lowest BCUT2D eigenvalue weighted by Crippen LogP contribution is -2.27. The summed E-state index contributed by atoms with van der Waals surface area (Å²) < 4.78 is 44.4. The SMILES string of the molecule is CC(Oc1cccc(/C=C2/SC(=S)N(c3cccc(C(F)(F)F)c3)C2=O)c1)C(=O)O. The van der Waals surface area contributed by atoms with Gasteiger partial charge in [-0.3, -0.25) is 9.69 Å². The average Bonchev–Trinajstić information content (AvgIpc) is 2.94. The molecule has 0 radical (unpaired) electrons. The van der Waals surface area contributed by atoms with E-state index in [9.17, 15) is 22.8 Å². The molecule has 10 heteroatoms. The number of carbonyl (C=O) groups excluding carboxylic acids is 1. The molecule has 1 N–H and O–H groups in total. The van der Waals surface area contributed by atoms with E-state index in [1.54, 1.807) is 24.3 Å². The molecule has 1 heterocycles. The standard InChI is InChI=1S/C20H14F3NO4S2/c1-11(18(26)27)28-15-7-2-4-12(8-15)9-16-17(25)24(19(29)30-16)14-6-3-5-13(10-14)20(21,22)23/h2-11H,1H3,(H,26,27)/b16-9+. The summed E-state index contributed by atoms with van der Waals surface area (Å²) in [5, 5.41) is 8.94. The molecule has 2 aromatic carbocycles. The van der Waals surface area contributed by atoms with Crippen molar-refractivity contribution in [2.45, 2.75) is 19.2 Å². The molecule has 1 saturated heterocycles. The van der Waals surface area contributed by atoms with Crippen molar-refractivity contribution in [2.24, 2.45) is 0 Å². The van der Waals surface area contributed by atoms with Gasteiger partial charge in [-0.2, -0.15) is 13.2 Å². The molecule has 0 aromatic heterocycles. The van der Waals surface area contributed by atoms with E-state index in [2.05, 4.69) is 0 Å². The number of carboxylic acid groups (broad SMARTS) is 1. The lowest BCUT2D eigenvalue weighted by atomic mass is 10.1. The number of aliphatic carboxylic acids is 1. The van der Waals surface area contributed by atoms with Crippen molar-refractivity contribution < 1.29 is 32.6 Å². The van der Waals surface area contributed by atoms with Crippen molar-refractivity contribution in [3.63, 3.8) is 0 Å². The number of thiocarbonyl (C=S) groups is 1. The first-order valence-corrected chi connectivity index (χ1v) is 9.73. The van der Waals surface area contributed by atoms with Gasteiger partial charge in [-0.1, -0.05) is 42.2 Å². The fourth-order valence-corrected chi connectivity index (χ4v) is 3.89. The van der Waals surface area contributed by atoms with E-state index in [1.165, 1.54) is 25.1 Å². The van der Waals surface area contributed by atoms with Crippen LogP contribution in [0.1, 0.15) is 18.1 Å². The van der Waals surface area contributed by atoms with Gasteiger partial charge in [-0.05, 0) is 48.9 Å². The minimum absolute atomic E-state index is 0.0306. The number of carbonyl (C=O) groups is 2. The van der Waals surface area contributed by atoms with Crippen LogP contribution in [0, 0.1) is 0 Å². The molecule has 0 saturated carbocycles. The van der Waals surface area contributed by atoms with Gasteiger partial charge >= 0.3 is 12.1 Å². The number of thioether (sulfide) groups is 1. The summed E-state index contributed by atoms with van der Waals surface area (Å²) in [6, 6.07) is 10.8. The van der Waals surface area contributed by atoms with Crippen LogP contribution < -0.4 is 9.64 Å². The quantitative estimate of drug-likeness (QED) is 0.510. The molecule has 0 spiro atoms. The molecule has 0 aliphatic carbocycles. The topological polar surface area (TPSA) is 66.8 Å². The van der Waals surface area contributed by atoms with Crippen molar-refractivity contribution in [1.29, 1.82) is 0 Å². The van der Waals surface area contributed by atoms with Gasteiger partial charge in [-0.25, -0.2) is 4.79 Å². The Labute approximate surface area is 179 Å². The van der Waals surface area contributed by atoms with Crippen LogP contribution in [-0.2, 0) is 15.8 Å². The second kappa shape index (κ2) is 8.49. The first kappa shape index (κ1) is 21.8. The lowest BCUT2D eigenvalue weighted by molar-refractivity contribution is -0.144. The van der Waals surface area contributed by atoms with E-state index in [4.69, 9.17) is 22.1 Å². The van der Waals surface area contributed by atoms with Crippen molar-refractivity contribution in [3.05, 3.63) is 64.6 Å². The first-order valence-electron chi connectivity index (χ1n) is 8.51. The number of halogens is 3. The van der Waals surface area contributed by atoms with Gasteiger partial charge in [0.1, 0.15) is 5.75 Å². The molecule has 2 aromatic rings. The van der Waals surface area contributed by atoms with E-state index in [0.29, 0.717) is 11.3 Å². The van der Waals surface area contributed by atoms with Crippen molar-refractivity contribution in [1.82, 2.24) is 0 Å². The third-order valence-corrected chi connectivity index (χ3v) is 5.34. The Balaban J connectivity index is 1.86. The number of anilines is 1. The molecular weight excluding hydrogens is 439 g/mol. The Morgan fingerprint density at radius 2 is 1.93 bits per heavy atom. The zero-order valence-corrected chi connectivity index (χ0v) is 17.0. The van der Waals surface area contributed by atoms with Gasteiger partial charge in [0.05, 0.1) is 16.2 Å². The number of hydrogen-bond donors (Lipinski definition) is 1. The Morgan fingerprint density at radius 3 is 2.60 bits per heavy atom. The van der Waals surface area contributed by atoms with Gasteiger partial charge in [0.25, 0.3) is 5.91 Å². The summed E-state index contributed by atoms with van der Waals surface area (Å²) in [6.07, 6.45) is -4.08. The van der Waals surface area contributed by atoms with Gasteiger partial charge in [-0.15, -0.1) is 0 Å². The van der Waals surface area contributed by atoms with Crippen LogP contribution in [-0.4, -0.2) is 27.4 Å². The summed E-state index contributed by atoms with van der Waals surface area (Å²) in [5.74, 6) is -1.37. The van der Waals surface area contributed by atoms with Gasteiger partial charge in [0, 0.05) is 0 Å². The van der Waals surface area contributed by atoms with Gasteiger partial charge in [0.2, 0.25) is 0 Å². The third-order valence-electron chi connectivity index (χ3n) is 4.04. The van der Waals surface area contributed by atoms with E-state index in [1.807, 2.05) is 0 Å². The van der Waals surface area contributed by atoms with E-state index in [-0.39, 0.29) is 14.9 Å². The monoisotopic (exact) mass is 453 g/mol. The number of carboxylic acids is 1. The highest BCUT2D eigenvalue weighted by molar-refractivity contribution is 8.27. The van der Waals surface area contributed by atoms with E-state index >= 15 is 0 Å². The molecule has 3 rings (SSSR count). The molecule has 1 unspecified atom stereocenters. The van der Waals surface area contributed by atoms with Crippen LogP contribution in [0.5, 0.6) is 5.75 Å². The second-order valence-electron chi connectivity index (χ2n) is 6.24. The molecule has 30 heavy (non-hydrogen) atoms. The highest BCUT2D eigenvalue weighted by atomic mass is 32.2. The average molecular weight is 453 g/mol. The number of rotatable bonds is 5. The van der Waals surface area contributed by atoms with Gasteiger partial charge in [0.15, 0.2) is 10.4 Å². The number of nitrogens with zero attached hydrogens (tertiary/aromatic N) is 1. The molecule has 1 aliphatic heterocycles. The van der Waals surface area contributed by atoms with Crippen molar-refractivity contribution in [2.75, 3.05) is 4.90 Å². The largest absolute Gasteiger partial charge is 0.479 e. The van der Waals surface area contributed by atoms with Crippen LogP contribution in [0.15, 0.2) is 53.4 Å². The normalized spacial score (nSPS) is 16.8. The van der Waals surface area contributed by atoms with Crippen molar-refractivity contribution in [3.8, 4) is 5.75 Å². The maximum absolute atomic E-state index is 13.0. The molecule has 1 atom stereocenters. The molecule has 0 bridgehead atoms. The van der Waals surface area contributed by atoms with Gasteiger partial charge < -0.3 is 9.84 Å². The highest BCUT2D eigenvalue weighted by Gasteiger charge is 2.36. The highest BCUT2D eigenvalue weighted by Crippen LogP contribution is 2.38. The van der Waals surface area contributed by atoms with Crippen LogP contribution in [0.3, 0.4) is 0 Å². The van der Waals surface area contributed by atoms with Crippen LogP contribution in [0.2, 0.25) is 0 Å². The zero-order valence-electron chi connectivity index (χ0n) is 15.3. The smallest absolute Gasteiger partial charge is 0.416 e. The molecule has 5 nitrogen and oxygen atoms in total. The Morgan fingerprint density at radius 1 is 1.23 bits per heavy atom.